The highest BCUT2D eigenvalue weighted by Gasteiger charge is 2.22. The van der Waals surface area contributed by atoms with Crippen molar-refractivity contribution in [1.29, 1.82) is 0 Å². The molecule has 6 heteroatoms. The van der Waals surface area contributed by atoms with Crippen LogP contribution in [0.5, 0.6) is 0 Å². The van der Waals surface area contributed by atoms with E-state index in [-0.39, 0.29) is 5.91 Å². The maximum Gasteiger partial charge on any atom is 0.254 e. The zero-order valence-electron chi connectivity index (χ0n) is 15.1. The molecule has 3 aromatic rings. The molecule has 0 radical (unpaired) electrons. The highest BCUT2D eigenvalue weighted by molar-refractivity contribution is 5.97. The van der Waals surface area contributed by atoms with Gasteiger partial charge in [0.25, 0.3) is 5.91 Å². The molecule has 6 nitrogen and oxygen atoms in total. The summed E-state index contributed by atoms with van der Waals surface area (Å²) in [6, 6.07) is 11.2. The molecule has 2 aromatic heterocycles. The number of pyridine rings is 1. The van der Waals surface area contributed by atoms with Crippen LogP contribution in [0.4, 0.5) is 0 Å². The first-order chi connectivity index (χ1) is 12.6. The van der Waals surface area contributed by atoms with E-state index in [0.29, 0.717) is 22.7 Å². The first-order valence-electron chi connectivity index (χ1n) is 9.00. The zero-order valence-corrected chi connectivity index (χ0v) is 15.1. The van der Waals surface area contributed by atoms with Gasteiger partial charge in [0.15, 0.2) is 5.58 Å². The largest absolute Gasteiger partial charge is 0.435 e. The fraction of sp³-hybridized carbons (Fsp3) is 0.350. The number of likely N-dealkylation sites (N-methyl/N-ethyl adjacent to an activating group) is 1. The molecule has 0 atom stereocenters. The number of aryl methyl sites for hydroxylation is 1. The van der Waals surface area contributed by atoms with E-state index < -0.39 is 0 Å². The second-order valence-electron chi connectivity index (χ2n) is 6.59. The van der Waals surface area contributed by atoms with E-state index in [9.17, 15) is 4.79 Å². The highest BCUT2D eigenvalue weighted by Crippen LogP contribution is 2.24. The van der Waals surface area contributed by atoms with Crippen LogP contribution in [0, 0.1) is 6.92 Å². The Hall–Kier alpha value is -2.73. The Morgan fingerprint density at radius 2 is 1.92 bits per heavy atom. The maximum atomic E-state index is 12.8. The van der Waals surface area contributed by atoms with Crippen molar-refractivity contribution in [1.82, 2.24) is 19.8 Å². The first kappa shape index (κ1) is 16.7. The van der Waals surface area contributed by atoms with E-state index in [1.807, 2.05) is 42.2 Å². The molecule has 0 unspecified atom stereocenters. The van der Waals surface area contributed by atoms with Crippen LogP contribution in [-0.4, -0.2) is 58.4 Å². The van der Waals surface area contributed by atoms with Gasteiger partial charge in [-0.05, 0) is 43.8 Å². The maximum absolute atomic E-state index is 12.8. The molecular weight excluding hydrogens is 328 g/mol. The van der Waals surface area contributed by atoms with Gasteiger partial charge in [0.2, 0.25) is 5.89 Å². The third kappa shape index (κ3) is 3.20. The predicted octanol–water partition coefficient (Wildman–Crippen LogP) is 2.98. The van der Waals surface area contributed by atoms with Crippen LogP contribution in [0.25, 0.3) is 22.7 Å². The monoisotopic (exact) mass is 350 g/mol. The summed E-state index contributed by atoms with van der Waals surface area (Å²) in [4.78, 5) is 26.0. The normalized spacial score (nSPS) is 15.5. The second kappa shape index (κ2) is 6.88. The van der Waals surface area contributed by atoms with E-state index in [1.165, 1.54) is 0 Å². The SMILES string of the molecule is CCN1CCN(C(=O)c2ccc3nc(-c4cccc(C)n4)oc3c2)CC1. The number of hydrogen-bond acceptors (Lipinski definition) is 5. The third-order valence-electron chi connectivity index (χ3n) is 4.85. The molecule has 1 amide bonds. The third-order valence-corrected chi connectivity index (χ3v) is 4.85. The van der Waals surface area contributed by atoms with Gasteiger partial charge in [0.05, 0.1) is 0 Å². The molecule has 3 heterocycles. The molecule has 1 aliphatic rings. The predicted molar refractivity (Wildman–Crippen MR) is 100.0 cm³/mol. The van der Waals surface area contributed by atoms with Gasteiger partial charge < -0.3 is 14.2 Å². The minimum absolute atomic E-state index is 0.0503. The molecule has 0 N–H and O–H groups in total. The fourth-order valence-electron chi connectivity index (χ4n) is 3.28. The second-order valence-corrected chi connectivity index (χ2v) is 6.59. The Labute approximate surface area is 152 Å². The molecule has 4 rings (SSSR count). The van der Waals surface area contributed by atoms with Gasteiger partial charge in [0.1, 0.15) is 11.2 Å². The summed E-state index contributed by atoms with van der Waals surface area (Å²) in [7, 11) is 0. The summed E-state index contributed by atoms with van der Waals surface area (Å²) in [5, 5.41) is 0. The number of aromatic nitrogens is 2. The Balaban J connectivity index is 1.59. The van der Waals surface area contributed by atoms with Crippen LogP contribution in [0.2, 0.25) is 0 Å². The summed E-state index contributed by atoms with van der Waals surface area (Å²) < 4.78 is 5.87. The summed E-state index contributed by atoms with van der Waals surface area (Å²) >= 11 is 0. The molecule has 0 spiro atoms. The average Bonchev–Trinajstić information content (AvgIpc) is 3.11. The number of hydrogen-bond donors (Lipinski definition) is 0. The van der Waals surface area contributed by atoms with Crippen molar-refractivity contribution in [2.45, 2.75) is 13.8 Å². The zero-order chi connectivity index (χ0) is 18.1. The lowest BCUT2D eigenvalue weighted by Gasteiger charge is -2.34. The van der Waals surface area contributed by atoms with Crippen LogP contribution in [0.1, 0.15) is 23.0 Å². The van der Waals surface area contributed by atoms with Crippen LogP contribution >= 0.6 is 0 Å². The number of fused-ring (bicyclic) bond motifs is 1. The van der Waals surface area contributed by atoms with Crippen molar-refractivity contribution in [2.75, 3.05) is 32.7 Å². The molecule has 134 valence electrons. The van der Waals surface area contributed by atoms with Crippen LogP contribution in [0.3, 0.4) is 0 Å². The summed E-state index contributed by atoms with van der Waals surface area (Å²) in [5.74, 6) is 0.527. The Bertz CT molecular complexity index is 942. The summed E-state index contributed by atoms with van der Waals surface area (Å²) in [6.45, 7) is 8.49. The molecule has 1 aliphatic heterocycles. The van der Waals surface area contributed by atoms with Gasteiger partial charge >= 0.3 is 0 Å². The van der Waals surface area contributed by atoms with Gasteiger partial charge in [-0.3, -0.25) is 4.79 Å². The molecule has 0 saturated carbocycles. The standard InChI is InChI=1S/C20H22N4O2/c1-3-23-9-11-24(12-10-23)20(25)15-7-8-16-18(13-15)26-19(22-16)17-6-4-5-14(2)21-17/h4-8,13H,3,9-12H2,1-2H3. The van der Waals surface area contributed by atoms with E-state index >= 15 is 0 Å². The lowest BCUT2D eigenvalue weighted by molar-refractivity contribution is 0.0643. The van der Waals surface area contributed by atoms with Gasteiger partial charge in [-0.25, -0.2) is 9.97 Å². The minimum Gasteiger partial charge on any atom is -0.435 e. The lowest BCUT2D eigenvalue weighted by atomic mass is 10.1. The van der Waals surface area contributed by atoms with Crippen molar-refractivity contribution in [2.24, 2.45) is 0 Å². The van der Waals surface area contributed by atoms with Gasteiger partial charge in [-0.1, -0.05) is 13.0 Å². The number of nitrogens with zero attached hydrogens (tertiary/aromatic N) is 4. The van der Waals surface area contributed by atoms with Crippen molar-refractivity contribution >= 4 is 17.0 Å². The first-order valence-corrected chi connectivity index (χ1v) is 9.00. The quantitative estimate of drug-likeness (QED) is 0.727. The van der Waals surface area contributed by atoms with E-state index in [4.69, 9.17) is 4.42 Å². The molecule has 1 saturated heterocycles. The fourth-order valence-corrected chi connectivity index (χ4v) is 3.28. The molecule has 0 bridgehead atoms. The van der Waals surface area contributed by atoms with Crippen molar-refractivity contribution in [3.8, 4) is 11.6 Å². The summed E-state index contributed by atoms with van der Waals surface area (Å²) in [6.07, 6.45) is 0. The van der Waals surface area contributed by atoms with E-state index in [2.05, 4.69) is 21.8 Å². The van der Waals surface area contributed by atoms with Gasteiger partial charge in [-0.2, -0.15) is 0 Å². The van der Waals surface area contributed by atoms with Crippen LogP contribution in [-0.2, 0) is 0 Å². The van der Waals surface area contributed by atoms with Crippen LogP contribution < -0.4 is 0 Å². The van der Waals surface area contributed by atoms with E-state index in [0.717, 1.165) is 43.9 Å². The molecular formula is C20H22N4O2. The smallest absolute Gasteiger partial charge is 0.254 e. The summed E-state index contributed by atoms with van der Waals surface area (Å²) in [5.41, 5.74) is 3.59. The number of benzene rings is 1. The number of piperazine rings is 1. The van der Waals surface area contributed by atoms with Crippen molar-refractivity contribution < 1.29 is 9.21 Å². The molecule has 26 heavy (non-hydrogen) atoms. The highest BCUT2D eigenvalue weighted by atomic mass is 16.3. The molecule has 1 fully saturated rings. The average molecular weight is 350 g/mol. The number of carbonyl (C=O) groups is 1. The van der Waals surface area contributed by atoms with Gasteiger partial charge in [-0.15, -0.1) is 0 Å². The topological polar surface area (TPSA) is 62.5 Å². The Kier molecular flexibility index (Phi) is 4.42. The minimum atomic E-state index is 0.0503. The number of rotatable bonds is 3. The van der Waals surface area contributed by atoms with Crippen LogP contribution in [0.15, 0.2) is 40.8 Å². The Morgan fingerprint density at radius 3 is 2.65 bits per heavy atom. The number of amides is 1. The number of carbonyl (C=O) groups excluding carboxylic acids is 1. The number of oxazole rings is 1. The van der Waals surface area contributed by atoms with Gasteiger partial charge in [0, 0.05) is 37.4 Å². The molecule has 0 aliphatic carbocycles. The Morgan fingerprint density at radius 1 is 1.12 bits per heavy atom. The van der Waals surface area contributed by atoms with Crippen molar-refractivity contribution in [3.63, 3.8) is 0 Å². The lowest BCUT2D eigenvalue weighted by Crippen LogP contribution is -2.48. The van der Waals surface area contributed by atoms with E-state index in [1.54, 1.807) is 6.07 Å². The molecule has 1 aromatic carbocycles. The van der Waals surface area contributed by atoms with Crippen molar-refractivity contribution in [3.05, 3.63) is 47.7 Å².